The average molecular weight is 353 g/mol. The highest BCUT2D eigenvalue weighted by molar-refractivity contribution is 6.37. The summed E-state index contributed by atoms with van der Waals surface area (Å²) in [6, 6.07) is 3.01. The maximum atomic E-state index is 9.61. The molecular weight excluding hydrogens is 339 g/mol. The molecule has 0 radical (unpaired) electrons. The van der Waals surface area contributed by atoms with Crippen LogP contribution in [0.1, 0.15) is 18.7 Å². The molecule has 0 amide bonds. The van der Waals surface area contributed by atoms with E-state index in [1.165, 1.54) is 16.8 Å². The van der Waals surface area contributed by atoms with Crippen molar-refractivity contribution in [2.75, 3.05) is 6.54 Å². The zero-order chi connectivity index (χ0) is 16.7. The number of nitrogens with two attached hydrogens (primary N) is 1. The van der Waals surface area contributed by atoms with Crippen molar-refractivity contribution in [1.82, 2.24) is 19.8 Å². The fourth-order valence-corrected chi connectivity index (χ4v) is 2.53. The predicted molar refractivity (Wildman–Crippen MR) is 88.9 cm³/mol. The van der Waals surface area contributed by atoms with Gasteiger partial charge in [-0.25, -0.2) is 9.98 Å². The zero-order valence-corrected chi connectivity index (χ0v) is 13.7. The van der Waals surface area contributed by atoms with Gasteiger partial charge < -0.3 is 10.8 Å². The number of nitrogens with one attached hydrogen (secondary N) is 1. The first-order valence-corrected chi connectivity index (χ1v) is 7.56. The Morgan fingerprint density at radius 2 is 2.09 bits per heavy atom. The van der Waals surface area contributed by atoms with Crippen LogP contribution in [-0.2, 0) is 0 Å². The molecule has 3 rings (SSSR count). The summed E-state index contributed by atoms with van der Waals surface area (Å²) in [7, 11) is 0. The summed E-state index contributed by atoms with van der Waals surface area (Å²) < 4.78 is 1.51. The van der Waals surface area contributed by atoms with Crippen LogP contribution < -0.4 is 16.4 Å². The molecule has 2 heterocycles. The van der Waals surface area contributed by atoms with Gasteiger partial charge in [-0.2, -0.15) is 4.63 Å². The molecule has 1 unspecified atom stereocenters. The van der Waals surface area contributed by atoms with Crippen LogP contribution in [0.4, 0.5) is 5.69 Å². The van der Waals surface area contributed by atoms with E-state index in [-0.39, 0.29) is 21.7 Å². The van der Waals surface area contributed by atoms with Crippen LogP contribution in [0.15, 0.2) is 17.1 Å². The molecule has 0 spiro atoms. The van der Waals surface area contributed by atoms with E-state index < -0.39 is 0 Å². The first-order chi connectivity index (χ1) is 10.9. The standard InChI is InChI=1S/C14H14Cl2N6O/c1-6(5-17)13-19-14-11(7(2)20-22(14)21-13)18-8-3-9(15)12(23)10(16)4-8/h3-4,6,20,23H,2,5,17H2,1H3. The van der Waals surface area contributed by atoms with Crippen molar-refractivity contribution in [1.29, 1.82) is 0 Å². The quantitative estimate of drug-likeness (QED) is 0.664. The van der Waals surface area contributed by atoms with Crippen molar-refractivity contribution in [2.45, 2.75) is 12.8 Å². The van der Waals surface area contributed by atoms with Gasteiger partial charge in [0.05, 0.1) is 21.1 Å². The summed E-state index contributed by atoms with van der Waals surface area (Å²) in [5.74, 6) is 0.474. The van der Waals surface area contributed by atoms with Gasteiger partial charge in [-0.15, -0.1) is 5.10 Å². The molecule has 23 heavy (non-hydrogen) atoms. The third-order valence-electron chi connectivity index (χ3n) is 3.40. The molecule has 1 aromatic carbocycles. The van der Waals surface area contributed by atoms with Crippen molar-refractivity contribution < 1.29 is 5.11 Å². The lowest BCUT2D eigenvalue weighted by Gasteiger charge is -2.01. The van der Waals surface area contributed by atoms with Crippen LogP contribution >= 0.6 is 23.2 Å². The maximum Gasteiger partial charge on any atom is 0.202 e. The number of aromatic hydroxyl groups is 1. The average Bonchev–Trinajstić information content (AvgIpc) is 3.03. The topological polar surface area (TPSA) is 105 Å². The molecule has 0 saturated heterocycles. The van der Waals surface area contributed by atoms with Gasteiger partial charge in [-0.3, -0.25) is 5.10 Å². The van der Waals surface area contributed by atoms with Crippen LogP contribution in [0.3, 0.4) is 0 Å². The number of halogens is 2. The second kappa shape index (κ2) is 5.84. The Hall–Kier alpha value is -2.09. The number of aromatic amines is 1. The smallest absolute Gasteiger partial charge is 0.202 e. The molecule has 0 aliphatic carbocycles. The first kappa shape index (κ1) is 15.8. The lowest BCUT2D eigenvalue weighted by Crippen LogP contribution is -2.22. The SMILES string of the molecule is C=c1[nH]n2nc(C(C)CN)nc2c1=Nc1cc(Cl)c(O)c(Cl)c1. The van der Waals surface area contributed by atoms with Gasteiger partial charge in [-0.1, -0.05) is 36.7 Å². The normalized spacial score (nSPS) is 13.8. The zero-order valence-electron chi connectivity index (χ0n) is 12.2. The van der Waals surface area contributed by atoms with Gasteiger partial charge in [0.2, 0.25) is 5.65 Å². The minimum Gasteiger partial charge on any atom is -0.505 e. The van der Waals surface area contributed by atoms with Crippen LogP contribution in [0, 0.1) is 0 Å². The van der Waals surface area contributed by atoms with Gasteiger partial charge >= 0.3 is 0 Å². The molecule has 7 nitrogen and oxygen atoms in total. The van der Waals surface area contributed by atoms with Crippen molar-refractivity contribution in [3.05, 3.63) is 38.7 Å². The van der Waals surface area contributed by atoms with Gasteiger partial charge in [0.25, 0.3) is 0 Å². The molecule has 1 atom stereocenters. The number of phenolic OH excluding ortho intramolecular Hbond substituents is 1. The van der Waals surface area contributed by atoms with Crippen molar-refractivity contribution in [3.8, 4) is 5.75 Å². The second-order valence-electron chi connectivity index (χ2n) is 5.15. The summed E-state index contributed by atoms with van der Waals surface area (Å²) >= 11 is 11.8. The molecule has 0 bridgehead atoms. The van der Waals surface area contributed by atoms with E-state index in [0.29, 0.717) is 34.4 Å². The summed E-state index contributed by atoms with van der Waals surface area (Å²) in [6.07, 6.45) is 0. The number of H-pyrrole nitrogens is 1. The number of hydrogen-bond donors (Lipinski definition) is 3. The minimum absolute atomic E-state index is 0.0296. The van der Waals surface area contributed by atoms with E-state index in [4.69, 9.17) is 28.9 Å². The van der Waals surface area contributed by atoms with Crippen molar-refractivity contribution >= 4 is 41.1 Å². The highest BCUT2D eigenvalue weighted by Crippen LogP contribution is 2.35. The Bertz CT molecular complexity index is 970. The molecule has 3 aromatic rings. The molecule has 120 valence electrons. The molecule has 0 fully saturated rings. The number of rotatable bonds is 3. The van der Waals surface area contributed by atoms with Crippen LogP contribution in [0.2, 0.25) is 10.0 Å². The summed E-state index contributed by atoms with van der Waals surface area (Å²) in [6.45, 7) is 6.28. The summed E-state index contributed by atoms with van der Waals surface area (Å²) in [5, 5.41) is 18.2. The van der Waals surface area contributed by atoms with Gasteiger partial charge in [0.15, 0.2) is 11.6 Å². The maximum absolute atomic E-state index is 9.61. The van der Waals surface area contributed by atoms with Crippen LogP contribution in [-0.4, -0.2) is 31.5 Å². The molecule has 4 N–H and O–H groups in total. The van der Waals surface area contributed by atoms with E-state index >= 15 is 0 Å². The third-order valence-corrected chi connectivity index (χ3v) is 3.98. The van der Waals surface area contributed by atoms with E-state index in [1.54, 1.807) is 0 Å². The monoisotopic (exact) mass is 352 g/mol. The fourth-order valence-electron chi connectivity index (χ4n) is 2.05. The fraction of sp³-hybridized carbons (Fsp3) is 0.214. The lowest BCUT2D eigenvalue weighted by atomic mass is 10.2. The van der Waals surface area contributed by atoms with Crippen molar-refractivity contribution in [3.63, 3.8) is 0 Å². The molecule has 0 aliphatic heterocycles. The number of benzene rings is 1. The highest BCUT2D eigenvalue weighted by atomic mass is 35.5. The Balaban J connectivity index is 2.20. The summed E-state index contributed by atoms with van der Waals surface area (Å²) in [4.78, 5) is 8.92. The Morgan fingerprint density at radius 3 is 2.70 bits per heavy atom. The third kappa shape index (κ3) is 2.78. The highest BCUT2D eigenvalue weighted by Gasteiger charge is 2.14. The van der Waals surface area contributed by atoms with Gasteiger partial charge in [-0.05, 0) is 12.1 Å². The van der Waals surface area contributed by atoms with E-state index in [2.05, 4.69) is 26.8 Å². The Morgan fingerprint density at radius 1 is 1.43 bits per heavy atom. The largest absolute Gasteiger partial charge is 0.505 e. The number of aromatic nitrogens is 4. The second-order valence-corrected chi connectivity index (χ2v) is 5.97. The molecule has 0 saturated carbocycles. The summed E-state index contributed by atoms with van der Waals surface area (Å²) in [5.41, 5.74) is 6.65. The van der Waals surface area contributed by atoms with Crippen LogP contribution in [0.5, 0.6) is 5.75 Å². The number of phenols is 1. The molecule has 2 aromatic heterocycles. The number of fused-ring (bicyclic) bond motifs is 1. The van der Waals surface area contributed by atoms with Gasteiger partial charge in [0.1, 0.15) is 5.36 Å². The first-order valence-electron chi connectivity index (χ1n) is 6.81. The Labute approximate surface area is 141 Å². The Kier molecular flexibility index (Phi) is 4.01. The lowest BCUT2D eigenvalue weighted by molar-refractivity contribution is 0.476. The van der Waals surface area contributed by atoms with E-state index in [1.807, 2.05) is 6.92 Å². The molecular formula is C14H14Cl2N6O. The van der Waals surface area contributed by atoms with Crippen LogP contribution in [0.25, 0.3) is 12.2 Å². The molecule has 9 heteroatoms. The molecule has 0 aliphatic rings. The predicted octanol–water partition coefficient (Wildman–Crippen LogP) is 1.49. The van der Waals surface area contributed by atoms with Gasteiger partial charge in [0, 0.05) is 12.5 Å². The van der Waals surface area contributed by atoms with E-state index in [0.717, 1.165) is 0 Å². The van der Waals surface area contributed by atoms with Crippen molar-refractivity contribution in [2.24, 2.45) is 10.7 Å². The van der Waals surface area contributed by atoms with E-state index in [9.17, 15) is 5.11 Å². The number of nitrogens with zero attached hydrogens (tertiary/aromatic N) is 4. The minimum atomic E-state index is -0.178. The number of hydrogen-bond acceptors (Lipinski definition) is 5.